The van der Waals surface area contributed by atoms with Crippen molar-refractivity contribution in [2.75, 3.05) is 33.9 Å². The zero-order valence-electron chi connectivity index (χ0n) is 30.3. The first-order valence-corrected chi connectivity index (χ1v) is 17.8. The van der Waals surface area contributed by atoms with Crippen LogP contribution in [0.15, 0.2) is 60.9 Å². The second-order valence-electron chi connectivity index (χ2n) is 13.7. The van der Waals surface area contributed by atoms with Gasteiger partial charge >= 0.3 is 12.2 Å². The highest BCUT2D eigenvalue weighted by Gasteiger charge is 2.38. The van der Waals surface area contributed by atoms with Crippen molar-refractivity contribution in [3.63, 3.8) is 0 Å². The summed E-state index contributed by atoms with van der Waals surface area (Å²) in [5, 5.41) is 14.1. The molecule has 0 spiro atoms. The molecule has 6 rings (SSSR count). The Morgan fingerprint density at radius 1 is 0.774 bits per heavy atom. The number of aromatic amines is 2. The fourth-order valence-corrected chi connectivity index (χ4v) is 7.19. The number of benzene rings is 2. The molecule has 2 aromatic heterocycles. The predicted octanol–water partition coefficient (Wildman–Crippen LogP) is 5.12. The minimum Gasteiger partial charge on any atom is -0.465 e. The maximum atomic E-state index is 13.5. The Hall–Kier alpha value is -5.70. The summed E-state index contributed by atoms with van der Waals surface area (Å²) in [7, 11) is 2.71. The third-order valence-electron chi connectivity index (χ3n) is 9.94. The number of carbonyl (C=O) groups excluding carboxylic acids is 3. The standard InChI is InChI=1S/C38H46N8O7/c1-22(2)32(44-38(51)53-4)36(48)46-18-6-8-31(46)34-40-20-28(42-34)26-15-11-24(12-16-26)23-9-13-25(14-10-23)27-19-39-33(41-27)30-7-5-17-45(30)35(47)29(21-52-3)43-37(49)50/h9-16,19-20,22,29-32,43H,5-8,17-18,21H2,1-4H3,(H,39,41)(H,40,42)(H,44,51)(H,49,50)/t29-,30-,31-,32-/m0/s1. The Morgan fingerprint density at radius 3 is 1.68 bits per heavy atom. The number of hydrogen-bond donors (Lipinski definition) is 5. The number of methoxy groups -OCH3 is 2. The highest BCUT2D eigenvalue weighted by molar-refractivity contribution is 5.87. The van der Waals surface area contributed by atoms with Gasteiger partial charge in [0.2, 0.25) is 11.8 Å². The molecule has 4 aromatic rings. The lowest BCUT2D eigenvalue weighted by Crippen LogP contribution is -2.51. The number of amides is 4. The molecule has 0 radical (unpaired) electrons. The number of rotatable bonds is 12. The molecule has 53 heavy (non-hydrogen) atoms. The van der Waals surface area contributed by atoms with Crippen molar-refractivity contribution in [1.82, 2.24) is 40.4 Å². The van der Waals surface area contributed by atoms with Crippen LogP contribution in [0.3, 0.4) is 0 Å². The second kappa shape index (κ2) is 16.3. The predicted molar refractivity (Wildman–Crippen MR) is 195 cm³/mol. The van der Waals surface area contributed by atoms with Crippen LogP contribution >= 0.6 is 0 Å². The van der Waals surface area contributed by atoms with Crippen LogP contribution in [-0.2, 0) is 19.1 Å². The number of carboxylic acid groups (broad SMARTS) is 1. The van der Waals surface area contributed by atoms with E-state index >= 15 is 0 Å². The molecule has 15 heteroatoms. The first-order chi connectivity index (χ1) is 25.6. The van der Waals surface area contributed by atoms with Crippen LogP contribution in [0.5, 0.6) is 0 Å². The Morgan fingerprint density at radius 2 is 1.25 bits per heavy atom. The molecule has 0 unspecified atom stereocenters. The van der Waals surface area contributed by atoms with Crippen LogP contribution in [0.1, 0.15) is 63.3 Å². The van der Waals surface area contributed by atoms with Crippen molar-refractivity contribution in [1.29, 1.82) is 0 Å². The molecule has 0 aliphatic carbocycles. The zero-order chi connectivity index (χ0) is 37.6. The van der Waals surface area contributed by atoms with E-state index in [0.717, 1.165) is 52.9 Å². The van der Waals surface area contributed by atoms with Crippen LogP contribution in [0.2, 0.25) is 0 Å². The minimum atomic E-state index is -1.28. The molecule has 2 aliphatic rings. The molecule has 2 aliphatic heterocycles. The number of alkyl carbamates (subject to hydrolysis) is 1. The molecule has 0 saturated carbocycles. The molecular weight excluding hydrogens is 680 g/mol. The quantitative estimate of drug-likeness (QED) is 0.132. The number of hydrogen-bond acceptors (Lipinski definition) is 8. The number of imidazole rings is 2. The molecule has 4 atom stereocenters. The van der Waals surface area contributed by atoms with Gasteiger partial charge in [0.05, 0.1) is 49.6 Å². The highest BCUT2D eigenvalue weighted by Crippen LogP contribution is 2.35. The lowest BCUT2D eigenvalue weighted by atomic mass is 10.0. The third kappa shape index (κ3) is 8.19. The maximum absolute atomic E-state index is 13.5. The molecule has 2 saturated heterocycles. The van der Waals surface area contributed by atoms with Crippen molar-refractivity contribution in [2.45, 2.75) is 63.7 Å². The van der Waals surface area contributed by atoms with Crippen molar-refractivity contribution < 1.29 is 33.8 Å². The fraction of sp³-hybridized carbons (Fsp3) is 0.421. The third-order valence-corrected chi connectivity index (χ3v) is 9.94. The molecule has 2 fully saturated rings. The van der Waals surface area contributed by atoms with Gasteiger partial charge in [0.1, 0.15) is 23.7 Å². The van der Waals surface area contributed by atoms with Gasteiger partial charge in [0, 0.05) is 20.2 Å². The summed E-state index contributed by atoms with van der Waals surface area (Å²) in [6, 6.07) is 14.1. The monoisotopic (exact) mass is 726 g/mol. The van der Waals surface area contributed by atoms with Gasteiger partial charge in [-0.3, -0.25) is 9.59 Å². The first kappa shape index (κ1) is 37.1. The molecular formula is C38H46N8O7. The summed E-state index contributed by atoms with van der Waals surface area (Å²) in [5.41, 5.74) is 5.64. The van der Waals surface area contributed by atoms with E-state index in [2.05, 4.69) is 42.7 Å². The highest BCUT2D eigenvalue weighted by atomic mass is 16.5. The average molecular weight is 727 g/mol. The number of H-pyrrole nitrogens is 2. The minimum absolute atomic E-state index is 0.0571. The van der Waals surface area contributed by atoms with E-state index in [1.807, 2.05) is 50.2 Å². The number of nitrogens with zero attached hydrogens (tertiary/aromatic N) is 4. The first-order valence-electron chi connectivity index (χ1n) is 17.8. The molecule has 280 valence electrons. The normalized spacial score (nSPS) is 18.2. The summed E-state index contributed by atoms with van der Waals surface area (Å²) in [6.07, 6.45) is 4.75. The van der Waals surface area contributed by atoms with E-state index in [9.17, 15) is 24.3 Å². The van der Waals surface area contributed by atoms with Gasteiger partial charge < -0.3 is 45.0 Å². The fourth-order valence-electron chi connectivity index (χ4n) is 7.19. The van der Waals surface area contributed by atoms with Gasteiger partial charge in [0.25, 0.3) is 0 Å². The lowest BCUT2D eigenvalue weighted by Gasteiger charge is -2.30. The number of ether oxygens (including phenoxy) is 2. The largest absolute Gasteiger partial charge is 0.465 e. The number of aromatic nitrogens is 4. The second-order valence-corrected chi connectivity index (χ2v) is 13.7. The van der Waals surface area contributed by atoms with E-state index in [-0.39, 0.29) is 36.4 Å². The van der Waals surface area contributed by atoms with Gasteiger partial charge in [0.15, 0.2) is 0 Å². The molecule has 15 nitrogen and oxygen atoms in total. The van der Waals surface area contributed by atoms with E-state index in [4.69, 9.17) is 9.47 Å². The summed E-state index contributed by atoms with van der Waals surface area (Å²) >= 11 is 0. The molecule has 0 bridgehead atoms. The van der Waals surface area contributed by atoms with Crippen LogP contribution in [0, 0.1) is 5.92 Å². The summed E-state index contributed by atoms with van der Waals surface area (Å²) in [6.45, 7) is 4.82. The van der Waals surface area contributed by atoms with E-state index < -0.39 is 24.3 Å². The van der Waals surface area contributed by atoms with Gasteiger partial charge in [-0.25, -0.2) is 19.6 Å². The van der Waals surface area contributed by atoms with Crippen molar-refractivity contribution in [2.24, 2.45) is 5.92 Å². The summed E-state index contributed by atoms with van der Waals surface area (Å²) < 4.78 is 9.83. The maximum Gasteiger partial charge on any atom is 0.407 e. The number of carbonyl (C=O) groups is 4. The molecule has 2 aromatic carbocycles. The average Bonchev–Trinajstić information content (AvgIpc) is 3.99. The number of nitrogens with one attached hydrogen (secondary N) is 4. The van der Waals surface area contributed by atoms with Gasteiger partial charge in [-0.05, 0) is 53.9 Å². The van der Waals surface area contributed by atoms with Crippen molar-refractivity contribution >= 4 is 24.0 Å². The van der Waals surface area contributed by atoms with Crippen LogP contribution in [0.25, 0.3) is 33.6 Å². The van der Waals surface area contributed by atoms with Crippen LogP contribution in [0.4, 0.5) is 9.59 Å². The SMILES string of the molecule is COC[C@H](NC(=O)O)C(=O)N1CCC[C@H]1c1ncc(-c2ccc(-c3ccc(-c4cnc([C@@H]5CCCN5C(=O)[C@@H](NC(=O)OC)C(C)C)[nH]4)cc3)cc2)[nH]1. The van der Waals surface area contributed by atoms with Gasteiger partial charge in [-0.15, -0.1) is 0 Å². The van der Waals surface area contributed by atoms with Crippen molar-refractivity contribution in [3.8, 4) is 33.6 Å². The van der Waals surface area contributed by atoms with E-state index in [1.54, 1.807) is 22.2 Å². The molecule has 4 amide bonds. The van der Waals surface area contributed by atoms with E-state index in [0.29, 0.717) is 31.2 Å². The Labute approximate surface area is 307 Å². The van der Waals surface area contributed by atoms with Crippen LogP contribution < -0.4 is 10.6 Å². The van der Waals surface area contributed by atoms with Crippen LogP contribution in [-0.4, -0.2) is 105 Å². The Bertz CT molecular complexity index is 1910. The summed E-state index contributed by atoms with van der Waals surface area (Å²) in [4.78, 5) is 69.4. The Balaban J connectivity index is 1.10. The van der Waals surface area contributed by atoms with E-state index in [1.165, 1.54) is 14.2 Å². The molecule has 4 heterocycles. The van der Waals surface area contributed by atoms with Crippen molar-refractivity contribution in [3.05, 3.63) is 72.6 Å². The lowest BCUT2D eigenvalue weighted by molar-refractivity contribution is -0.136. The Kier molecular flexibility index (Phi) is 11.4. The topological polar surface area (TPSA) is 195 Å². The molecule has 5 N–H and O–H groups in total. The number of likely N-dealkylation sites (tertiary alicyclic amines) is 2. The summed E-state index contributed by atoms with van der Waals surface area (Å²) in [5.74, 6) is 0.774. The smallest absolute Gasteiger partial charge is 0.407 e. The van der Waals surface area contributed by atoms with Gasteiger partial charge in [-0.2, -0.15) is 0 Å². The van der Waals surface area contributed by atoms with Gasteiger partial charge in [-0.1, -0.05) is 62.4 Å². The zero-order valence-corrected chi connectivity index (χ0v) is 30.3.